The van der Waals surface area contributed by atoms with Crippen LogP contribution < -0.4 is 4.90 Å². The Bertz CT molecular complexity index is 510. The molecule has 1 aliphatic rings. The summed E-state index contributed by atoms with van der Waals surface area (Å²) < 4.78 is 22.5. The summed E-state index contributed by atoms with van der Waals surface area (Å²) >= 11 is 0. The average molecular weight is 256 g/mol. The van der Waals surface area contributed by atoms with Crippen molar-refractivity contribution in [2.24, 2.45) is 0 Å². The predicted molar refractivity (Wildman–Crippen MR) is 62.1 cm³/mol. The smallest absolute Gasteiger partial charge is 0.337 e. The summed E-state index contributed by atoms with van der Waals surface area (Å²) in [4.78, 5) is 16.5. The van der Waals surface area contributed by atoms with Gasteiger partial charge in [-0.05, 0) is 12.1 Å². The van der Waals surface area contributed by atoms with Gasteiger partial charge < -0.3 is 10.0 Å². The molecule has 0 saturated carbocycles. The summed E-state index contributed by atoms with van der Waals surface area (Å²) in [7, 11) is -2.91. The van der Waals surface area contributed by atoms with Crippen molar-refractivity contribution in [1.82, 2.24) is 4.98 Å². The van der Waals surface area contributed by atoms with E-state index in [1.165, 1.54) is 12.3 Å². The molecule has 1 aliphatic heterocycles. The van der Waals surface area contributed by atoms with E-state index in [1.807, 2.05) is 4.90 Å². The molecule has 0 amide bonds. The molecule has 0 aliphatic carbocycles. The van der Waals surface area contributed by atoms with Crippen LogP contribution in [0.4, 0.5) is 5.82 Å². The highest BCUT2D eigenvalue weighted by Gasteiger charge is 2.22. The molecule has 2 heterocycles. The third kappa shape index (κ3) is 2.73. The van der Waals surface area contributed by atoms with E-state index in [1.54, 1.807) is 6.07 Å². The van der Waals surface area contributed by atoms with Crippen LogP contribution in [0.3, 0.4) is 0 Å². The van der Waals surface area contributed by atoms with Crippen LogP contribution in [0.5, 0.6) is 0 Å². The van der Waals surface area contributed by atoms with Crippen LogP contribution in [0.2, 0.25) is 0 Å². The van der Waals surface area contributed by atoms with Gasteiger partial charge in [0.15, 0.2) is 9.84 Å². The van der Waals surface area contributed by atoms with E-state index >= 15 is 0 Å². The number of carboxylic acid groups (broad SMARTS) is 1. The van der Waals surface area contributed by atoms with E-state index < -0.39 is 15.8 Å². The first-order valence-electron chi connectivity index (χ1n) is 5.13. The summed E-state index contributed by atoms with van der Waals surface area (Å²) in [6.45, 7) is 0.809. The van der Waals surface area contributed by atoms with Gasteiger partial charge in [0.05, 0.1) is 17.1 Å². The molecule has 7 heteroatoms. The van der Waals surface area contributed by atoms with Crippen LogP contribution in [-0.4, -0.2) is 49.1 Å². The zero-order valence-corrected chi connectivity index (χ0v) is 9.85. The standard InChI is InChI=1S/C10H12N2O4S/c13-10(14)8-1-2-9(11-7-8)12-3-5-17(15,16)6-4-12/h1-2,7H,3-6H2,(H,13,14). The average Bonchev–Trinajstić information content (AvgIpc) is 2.29. The molecule has 1 aromatic rings. The SMILES string of the molecule is O=C(O)c1ccc(N2CCS(=O)(=O)CC2)nc1. The Balaban J connectivity index is 2.11. The number of carboxylic acids is 1. The summed E-state index contributed by atoms with van der Waals surface area (Å²) in [6.07, 6.45) is 1.28. The molecule has 0 radical (unpaired) electrons. The van der Waals surface area contributed by atoms with Gasteiger partial charge in [-0.2, -0.15) is 0 Å². The number of aromatic carboxylic acids is 1. The zero-order chi connectivity index (χ0) is 12.5. The van der Waals surface area contributed by atoms with Crippen molar-refractivity contribution in [3.8, 4) is 0 Å². The maximum absolute atomic E-state index is 11.2. The van der Waals surface area contributed by atoms with Gasteiger partial charge in [0.25, 0.3) is 0 Å². The first-order chi connectivity index (χ1) is 7.98. The topological polar surface area (TPSA) is 87.6 Å². The maximum Gasteiger partial charge on any atom is 0.337 e. The van der Waals surface area contributed by atoms with E-state index in [-0.39, 0.29) is 17.1 Å². The number of anilines is 1. The largest absolute Gasteiger partial charge is 0.478 e. The molecule has 1 fully saturated rings. The van der Waals surface area contributed by atoms with Crippen molar-refractivity contribution in [2.75, 3.05) is 29.5 Å². The first kappa shape index (κ1) is 11.8. The molecule has 2 rings (SSSR count). The van der Waals surface area contributed by atoms with Gasteiger partial charge in [0.1, 0.15) is 5.82 Å². The van der Waals surface area contributed by atoms with Gasteiger partial charge in [-0.25, -0.2) is 18.2 Å². The Morgan fingerprint density at radius 3 is 2.41 bits per heavy atom. The van der Waals surface area contributed by atoms with Crippen LogP contribution in [0.1, 0.15) is 10.4 Å². The predicted octanol–water partition coefficient (Wildman–Crippen LogP) is 0.0146. The normalized spacial score (nSPS) is 18.9. The van der Waals surface area contributed by atoms with Crippen molar-refractivity contribution < 1.29 is 18.3 Å². The molecular formula is C10H12N2O4S. The van der Waals surface area contributed by atoms with Gasteiger partial charge in [-0.15, -0.1) is 0 Å². The summed E-state index contributed by atoms with van der Waals surface area (Å²) in [5, 5.41) is 8.72. The molecule has 6 nitrogen and oxygen atoms in total. The lowest BCUT2D eigenvalue weighted by atomic mass is 10.3. The zero-order valence-electron chi connectivity index (χ0n) is 9.04. The lowest BCUT2D eigenvalue weighted by Gasteiger charge is -2.27. The molecule has 17 heavy (non-hydrogen) atoms. The molecule has 0 spiro atoms. The highest BCUT2D eigenvalue weighted by molar-refractivity contribution is 7.91. The second-order valence-corrected chi connectivity index (χ2v) is 6.15. The summed E-state index contributed by atoms with van der Waals surface area (Å²) in [5.74, 6) is -0.166. The van der Waals surface area contributed by atoms with Crippen molar-refractivity contribution in [3.05, 3.63) is 23.9 Å². The third-order valence-corrected chi connectivity index (χ3v) is 4.27. The van der Waals surface area contributed by atoms with Crippen LogP contribution in [0.15, 0.2) is 18.3 Å². The number of rotatable bonds is 2. The van der Waals surface area contributed by atoms with Gasteiger partial charge in [0, 0.05) is 19.3 Å². The number of carbonyl (C=O) groups is 1. The minimum absolute atomic E-state index is 0.120. The molecular weight excluding hydrogens is 244 g/mol. The van der Waals surface area contributed by atoms with Crippen molar-refractivity contribution in [2.45, 2.75) is 0 Å². The summed E-state index contributed by atoms with van der Waals surface area (Å²) in [5.41, 5.74) is 0.124. The van der Waals surface area contributed by atoms with Crippen molar-refractivity contribution in [3.63, 3.8) is 0 Å². The Kier molecular flexibility index (Phi) is 3.01. The molecule has 0 bridgehead atoms. The lowest BCUT2D eigenvalue weighted by molar-refractivity contribution is 0.0696. The lowest BCUT2D eigenvalue weighted by Crippen LogP contribution is -2.40. The molecule has 1 N–H and O–H groups in total. The number of aromatic nitrogens is 1. The van der Waals surface area contributed by atoms with E-state index in [4.69, 9.17) is 5.11 Å². The fourth-order valence-corrected chi connectivity index (χ4v) is 2.84. The monoisotopic (exact) mass is 256 g/mol. The molecule has 0 aromatic carbocycles. The van der Waals surface area contributed by atoms with Crippen LogP contribution in [-0.2, 0) is 9.84 Å². The summed E-state index contributed by atoms with van der Waals surface area (Å²) in [6, 6.07) is 3.06. The number of hydrogen-bond acceptors (Lipinski definition) is 5. The van der Waals surface area contributed by atoms with Crippen molar-refractivity contribution in [1.29, 1.82) is 0 Å². The Hall–Kier alpha value is -1.63. The van der Waals surface area contributed by atoms with Crippen molar-refractivity contribution >= 4 is 21.6 Å². The van der Waals surface area contributed by atoms with Crippen LogP contribution in [0.25, 0.3) is 0 Å². The minimum atomic E-state index is -2.91. The molecule has 0 atom stereocenters. The fraction of sp³-hybridized carbons (Fsp3) is 0.400. The van der Waals surface area contributed by atoms with E-state index in [9.17, 15) is 13.2 Å². The quantitative estimate of drug-likeness (QED) is 0.802. The first-order valence-corrected chi connectivity index (χ1v) is 6.95. The second kappa shape index (κ2) is 4.33. The molecule has 1 saturated heterocycles. The molecule has 92 valence electrons. The fourth-order valence-electron chi connectivity index (χ4n) is 1.64. The molecule has 0 unspecified atom stereocenters. The Morgan fingerprint density at radius 1 is 1.29 bits per heavy atom. The third-order valence-electron chi connectivity index (χ3n) is 2.66. The second-order valence-electron chi connectivity index (χ2n) is 3.85. The Labute approximate surface area is 98.8 Å². The number of nitrogens with zero attached hydrogens (tertiary/aromatic N) is 2. The van der Waals surface area contributed by atoms with Gasteiger partial charge in [0.2, 0.25) is 0 Å². The van der Waals surface area contributed by atoms with E-state index in [0.29, 0.717) is 18.9 Å². The molecule has 1 aromatic heterocycles. The maximum atomic E-state index is 11.2. The number of hydrogen-bond donors (Lipinski definition) is 1. The van der Waals surface area contributed by atoms with Crippen LogP contribution in [0, 0.1) is 0 Å². The van der Waals surface area contributed by atoms with Gasteiger partial charge in [-0.1, -0.05) is 0 Å². The van der Waals surface area contributed by atoms with Gasteiger partial charge in [-0.3, -0.25) is 0 Å². The highest BCUT2D eigenvalue weighted by Crippen LogP contribution is 2.14. The van der Waals surface area contributed by atoms with E-state index in [0.717, 1.165) is 0 Å². The highest BCUT2D eigenvalue weighted by atomic mass is 32.2. The number of sulfone groups is 1. The minimum Gasteiger partial charge on any atom is -0.478 e. The van der Waals surface area contributed by atoms with Crippen LogP contribution >= 0.6 is 0 Å². The number of pyridine rings is 1. The Morgan fingerprint density at radius 2 is 1.94 bits per heavy atom. The van der Waals surface area contributed by atoms with E-state index in [2.05, 4.69) is 4.98 Å². The van der Waals surface area contributed by atoms with Gasteiger partial charge >= 0.3 is 5.97 Å².